The third kappa shape index (κ3) is 3.26. The van der Waals surface area contributed by atoms with Crippen LogP contribution in [0, 0.1) is 0 Å². The van der Waals surface area contributed by atoms with Crippen LogP contribution in [0.15, 0.2) is 24.5 Å². The van der Waals surface area contributed by atoms with E-state index in [0.29, 0.717) is 19.7 Å². The fraction of sp³-hybridized carbons (Fsp3) is 0.643. The Morgan fingerprint density at radius 2 is 2.14 bits per heavy atom. The smallest absolute Gasteiger partial charge is 0.213 e. The highest BCUT2D eigenvalue weighted by atomic mass is 32.2. The van der Waals surface area contributed by atoms with Crippen molar-refractivity contribution >= 4 is 21.8 Å². The molecule has 3 heterocycles. The van der Waals surface area contributed by atoms with Gasteiger partial charge < -0.3 is 4.74 Å². The standard InChI is InChI=1S/C14H20N2O3S2/c1-2-21(17,18)16-10-14(11-16)7-13(9-20-14)19-8-12-3-5-15-6-4-12/h3-6,13H,2,7-11H2,1H3/t13-/m1/s1. The fourth-order valence-electron chi connectivity index (χ4n) is 2.80. The summed E-state index contributed by atoms with van der Waals surface area (Å²) in [5.41, 5.74) is 1.12. The molecule has 1 aromatic heterocycles. The lowest BCUT2D eigenvalue weighted by molar-refractivity contribution is 0.0397. The van der Waals surface area contributed by atoms with E-state index in [4.69, 9.17) is 4.74 Å². The quantitative estimate of drug-likeness (QED) is 0.820. The first-order chi connectivity index (χ1) is 10.0. The van der Waals surface area contributed by atoms with Gasteiger partial charge in [0.15, 0.2) is 0 Å². The Balaban J connectivity index is 1.49. The summed E-state index contributed by atoms with van der Waals surface area (Å²) in [5.74, 6) is 1.14. The maximum atomic E-state index is 11.8. The summed E-state index contributed by atoms with van der Waals surface area (Å²) in [6.45, 7) is 3.58. The molecule has 0 unspecified atom stereocenters. The van der Waals surface area contributed by atoms with Crippen molar-refractivity contribution in [1.82, 2.24) is 9.29 Å². The second-order valence-corrected chi connectivity index (χ2v) is 9.40. The lowest BCUT2D eigenvalue weighted by atomic mass is 9.95. The number of ether oxygens (including phenoxy) is 1. The Bertz CT molecular complexity index is 585. The number of thioether (sulfide) groups is 1. The van der Waals surface area contributed by atoms with Gasteiger partial charge in [0.05, 0.1) is 18.5 Å². The predicted octanol–water partition coefficient (Wildman–Crippen LogP) is 1.51. The molecule has 1 spiro atoms. The first kappa shape index (κ1) is 15.3. The minimum Gasteiger partial charge on any atom is -0.373 e. The fourth-order valence-corrected chi connectivity index (χ4v) is 5.77. The van der Waals surface area contributed by atoms with Gasteiger partial charge in [0.1, 0.15) is 0 Å². The van der Waals surface area contributed by atoms with Crippen molar-refractivity contribution in [2.75, 3.05) is 24.6 Å². The van der Waals surface area contributed by atoms with Crippen LogP contribution in [0.5, 0.6) is 0 Å². The number of rotatable bonds is 5. The molecular weight excluding hydrogens is 308 g/mol. The number of nitrogens with zero attached hydrogens (tertiary/aromatic N) is 2. The second-order valence-electron chi connectivity index (χ2n) is 5.66. The molecule has 2 aliphatic rings. The van der Waals surface area contributed by atoms with Crippen molar-refractivity contribution in [1.29, 1.82) is 0 Å². The number of aromatic nitrogens is 1. The van der Waals surface area contributed by atoms with Gasteiger partial charge >= 0.3 is 0 Å². The molecule has 0 aliphatic carbocycles. The molecule has 0 saturated carbocycles. The van der Waals surface area contributed by atoms with E-state index in [1.165, 1.54) is 0 Å². The van der Waals surface area contributed by atoms with E-state index >= 15 is 0 Å². The van der Waals surface area contributed by atoms with E-state index in [-0.39, 0.29) is 16.6 Å². The number of hydrogen-bond donors (Lipinski definition) is 0. The van der Waals surface area contributed by atoms with E-state index in [9.17, 15) is 8.42 Å². The topological polar surface area (TPSA) is 59.5 Å². The molecule has 2 fully saturated rings. The Labute approximate surface area is 130 Å². The highest BCUT2D eigenvalue weighted by Gasteiger charge is 2.52. The number of pyridine rings is 1. The summed E-state index contributed by atoms with van der Waals surface area (Å²) in [6, 6.07) is 3.91. The van der Waals surface area contributed by atoms with Gasteiger partial charge in [-0.05, 0) is 31.0 Å². The maximum absolute atomic E-state index is 11.8. The zero-order chi connectivity index (χ0) is 14.9. The minimum atomic E-state index is -3.03. The van der Waals surface area contributed by atoms with Gasteiger partial charge in [-0.15, -0.1) is 11.8 Å². The van der Waals surface area contributed by atoms with Gasteiger partial charge in [-0.3, -0.25) is 4.98 Å². The van der Waals surface area contributed by atoms with Crippen LogP contribution in [-0.4, -0.2) is 53.2 Å². The summed E-state index contributed by atoms with van der Waals surface area (Å²) in [5, 5.41) is 0. The van der Waals surface area contributed by atoms with E-state index < -0.39 is 10.0 Å². The molecule has 0 aromatic carbocycles. The minimum absolute atomic E-state index is 0.0884. The van der Waals surface area contributed by atoms with Crippen molar-refractivity contribution in [2.24, 2.45) is 0 Å². The third-order valence-electron chi connectivity index (χ3n) is 4.10. The van der Waals surface area contributed by atoms with Gasteiger partial charge in [-0.2, -0.15) is 4.31 Å². The first-order valence-corrected chi connectivity index (χ1v) is 9.75. The van der Waals surface area contributed by atoms with Crippen LogP contribution in [0.2, 0.25) is 0 Å². The molecule has 0 N–H and O–H groups in total. The van der Waals surface area contributed by atoms with Crippen LogP contribution < -0.4 is 0 Å². The van der Waals surface area contributed by atoms with Crippen LogP contribution in [0.3, 0.4) is 0 Å². The third-order valence-corrected chi connectivity index (χ3v) is 7.45. The van der Waals surface area contributed by atoms with Crippen molar-refractivity contribution in [3.05, 3.63) is 30.1 Å². The maximum Gasteiger partial charge on any atom is 0.213 e. The largest absolute Gasteiger partial charge is 0.373 e. The van der Waals surface area contributed by atoms with Crippen LogP contribution >= 0.6 is 11.8 Å². The van der Waals surface area contributed by atoms with Crippen LogP contribution in [0.4, 0.5) is 0 Å². The summed E-state index contributed by atoms with van der Waals surface area (Å²) < 4.78 is 31.2. The van der Waals surface area contributed by atoms with Crippen molar-refractivity contribution in [3.8, 4) is 0 Å². The van der Waals surface area contributed by atoms with Gasteiger partial charge in [-0.25, -0.2) is 8.42 Å². The lowest BCUT2D eigenvalue weighted by Crippen LogP contribution is -2.60. The van der Waals surface area contributed by atoms with Gasteiger partial charge in [0.25, 0.3) is 0 Å². The van der Waals surface area contributed by atoms with E-state index in [1.54, 1.807) is 23.6 Å². The SMILES string of the molecule is CCS(=O)(=O)N1CC2(C[C@@H](OCc3ccncc3)CS2)C1. The van der Waals surface area contributed by atoms with Crippen molar-refractivity contribution in [3.63, 3.8) is 0 Å². The average Bonchev–Trinajstić information content (AvgIpc) is 2.89. The van der Waals surface area contributed by atoms with Crippen LogP contribution in [0.25, 0.3) is 0 Å². The molecule has 3 rings (SSSR count). The molecule has 21 heavy (non-hydrogen) atoms. The predicted molar refractivity (Wildman–Crippen MR) is 83.7 cm³/mol. The Morgan fingerprint density at radius 1 is 1.43 bits per heavy atom. The zero-order valence-electron chi connectivity index (χ0n) is 12.1. The second kappa shape index (κ2) is 5.87. The molecule has 5 nitrogen and oxygen atoms in total. The normalized spacial score (nSPS) is 25.1. The monoisotopic (exact) mass is 328 g/mol. The lowest BCUT2D eigenvalue weighted by Gasteiger charge is -2.46. The first-order valence-electron chi connectivity index (χ1n) is 7.15. The summed E-state index contributed by atoms with van der Waals surface area (Å²) in [7, 11) is -3.03. The molecule has 1 atom stereocenters. The zero-order valence-corrected chi connectivity index (χ0v) is 13.7. The average molecular weight is 328 g/mol. The number of sulfonamides is 1. The Hall–Kier alpha value is -0.630. The molecule has 116 valence electrons. The number of hydrogen-bond acceptors (Lipinski definition) is 5. The van der Waals surface area contributed by atoms with Gasteiger partial charge in [-0.1, -0.05) is 0 Å². The molecule has 7 heteroatoms. The van der Waals surface area contributed by atoms with Gasteiger partial charge in [0.2, 0.25) is 10.0 Å². The van der Waals surface area contributed by atoms with E-state index in [1.807, 2.05) is 23.9 Å². The van der Waals surface area contributed by atoms with E-state index in [2.05, 4.69) is 4.98 Å². The highest BCUT2D eigenvalue weighted by molar-refractivity contribution is 8.01. The Kier molecular flexibility index (Phi) is 4.27. The Morgan fingerprint density at radius 3 is 2.81 bits per heavy atom. The molecular formula is C14H20N2O3S2. The van der Waals surface area contributed by atoms with Gasteiger partial charge in [0, 0.05) is 36.0 Å². The van der Waals surface area contributed by atoms with Crippen LogP contribution in [0.1, 0.15) is 18.9 Å². The molecule has 0 bridgehead atoms. The molecule has 2 aliphatic heterocycles. The summed E-state index contributed by atoms with van der Waals surface area (Å²) >= 11 is 1.86. The molecule has 0 amide bonds. The van der Waals surface area contributed by atoms with Crippen LogP contribution in [-0.2, 0) is 21.4 Å². The van der Waals surface area contributed by atoms with Crippen molar-refractivity contribution < 1.29 is 13.2 Å². The van der Waals surface area contributed by atoms with E-state index in [0.717, 1.165) is 17.7 Å². The molecule has 0 radical (unpaired) electrons. The summed E-state index contributed by atoms with van der Waals surface area (Å²) in [4.78, 5) is 3.99. The molecule has 2 saturated heterocycles. The molecule has 1 aromatic rings. The highest BCUT2D eigenvalue weighted by Crippen LogP contribution is 2.47. The summed E-state index contributed by atoms with van der Waals surface area (Å²) in [6.07, 6.45) is 4.69. The van der Waals surface area contributed by atoms with Crippen molar-refractivity contribution in [2.45, 2.75) is 30.8 Å².